The van der Waals surface area contributed by atoms with Crippen molar-refractivity contribution in [3.8, 4) is 11.5 Å². The topological polar surface area (TPSA) is 72.8 Å². The van der Waals surface area contributed by atoms with Crippen molar-refractivity contribution in [3.05, 3.63) is 46.4 Å². The molecule has 0 bridgehead atoms. The minimum absolute atomic E-state index is 0.192. The monoisotopic (exact) mass is 449 g/mol. The number of carbonyl (C=O) groups excluding carboxylic acids is 1. The third-order valence-electron chi connectivity index (χ3n) is 3.49. The lowest BCUT2D eigenvalue weighted by molar-refractivity contribution is -0.118. The third-order valence-corrected chi connectivity index (χ3v) is 6.35. The lowest BCUT2D eigenvalue weighted by Crippen LogP contribution is -2.19. The molecule has 1 aliphatic heterocycles. The van der Waals surface area contributed by atoms with Crippen LogP contribution in [0.5, 0.6) is 11.5 Å². The summed E-state index contributed by atoms with van der Waals surface area (Å²) in [5.74, 6) is 1.40. The second kappa shape index (κ2) is 7.65. The number of para-hydroxylation sites is 1. The van der Waals surface area contributed by atoms with Crippen molar-refractivity contribution < 1.29 is 14.3 Å². The molecular formula is C17H12BrN3O3S2. The van der Waals surface area contributed by atoms with E-state index in [1.165, 1.54) is 11.8 Å². The standard InChI is InChI=1S/C17H12BrN3O3S2/c18-11-6-14-13(23-9-24-14)5-10(11)7-19-21-16(22)8-25-17-20-12-3-1-2-4-15(12)26-17/h1-7H,8-9H2,(H,21,22). The van der Waals surface area contributed by atoms with Gasteiger partial charge in [0.15, 0.2) is 15.8 Å². The number of benzene rings is 2. The summed E-state index contributed by atoms with van der Waals surface area (Å²) in [7, 11) is 0. The maximum atomic E-state index is 12.0. The summed E-state index contributed by atoms with van der Waals surface area (Å²) in [5.41, 5.74) is 4.26. The van der Waals surface area contributed by atoms with Gasteiger partial charge in [-0.05, 0) is 40.2 Å². The molecule has 0 aliphatic carbocycles. The van der Waals surface area contributed by atoms with Crippen LogP contribution >= 0.6 is 39.0 Å². The number of amides is 1. The summed E-state index contributed by atoms with van der Waals surface area (Å²) >= 11 is 6.42. The Hall–Kier alpha value is -2.10. The van der Waals surface area contributed by atoms with Gasteiger partial charge in [-0.1, -0.05) is 23.9 Å². The first-order valence-corrected chi connectivity index (χ1v) is 10.2. The van der Waals surface area contributed by atoms with Crippen molar-refractivity contribution in [1.82, 2.24) is 10.4 Å². The Labute approximate surface area is 165 Å². The molecular weight excluding hydrogens is 438 g/mol. The number of ether oxygens (including phenoxy) is 2. The number of aromatic nitrogens is 1. The lowest BCUT2D eigenvalue weighted by Gasteiger charge is -2.02. The van der Waals surface area contributed by atoms with Gasteiger partial charge in [0.05, 0.1) is 22.2 Å². The van der Waals surface area contributed by atoms with Crippen molar-refractivity contribution in [3.63, 3.8) is 0 Å². The number of thiazole rings is 1. The number of nitrogens with one attached hydrogen (secondary N) is 1. The molecule has 0 saturated carbocycles. The summed E-state index contributed by atoms with van der Waals surface area (Å²) in [4.78, 5) is 16.5. The number of rotatable bonds is 5. The number of hydrogen-bond acceptors (Lipinski definition) is 7. The second-order valence-corrected chi connectivity index (χ2v) is 8.36. The van der Waals surface area contributed by atoms with E-state index < -0.39 is 0 Å². The Kier molecular flexibility index (Phi) is 5.09. The average Bonchev–Trinajstić information content (AvgIpc) is 3.25. The Morgan fingerprint density at radius 3 is 3.00 bits per heavy atom. The highest BCUT2D eigenvalue weighted by molar-refractivity contribution is 9.10. The Bertz CT molecular complexity index is 973. The fraction of sp³-hybridized carbons (Fsp3) is 0.118. The highest BCUT2D eigenvalue weighted by Gasteiger charge is 2.15. The van der Waals surface area contributed by atoms with E-state index in [9.17, 15) is 4.79 Å². The molecule has 2 heterocycles. The second-order valence-electron chi connectivity index (χ2n) is 5.26. The van der Waals surface area contributed by atoms with Crippen LogP contribution in [0.25, 0.3) is 10.2 Å². The zero-order valence-corrected chi connectivity index (χ0v) is 16.5. The highest BCUT2D eigenvalue weighted by atomic mass is 79.9. The van der Waals surface area contributed by atoms with Crippen molar-refractivity contribution in [1.29, 1.82) is 0 Å². The van der Waals surface area contributed by atoms with Gasteiger partial charge in [-0.2, -0.15) is 5.10 Å². The molecule has 0 radical (unpaired) electrons. The number of nitrogens with zero attached hydrogens (tertiary/aromatic N) is 2. The van der Waals surface area contributed by atoms with Crippen molar-refractivity contribution in [2.45, 2.75) is 4.34 Å². The maximum Gasteiger partial charge on any atom is 0.250 e. The van der Waals surface area contributed by atoms with Crippen LogP contribution in [0.4, 0.5) is 0 Å². The third kappa shape index (κ3) is 3.84. The van der Waals surface area contributed by atoms with E-state index in [1.54, 1.807) is 23.6 Å². The number of halogens is 1. The lowest BCUT2D eigenvalue weighted by atomic mass is 10.2. The van der Waals surface area contributed by atoms with Crippen LogP contribution in [-0.2, 0) is 4.79 Å². The van der Waals surface area contributed by atoms with Crippen LogP contribution in [-0.4, -0.2) is 29.7 Å². The van der Waals surface area contributed by atoms with E-state index in [-0.39, 0.29) is 18.5 Å². The van der Waals surface area contributed by atoms with E-state index >= 15 is 0 Å². The van der Waals surface area contributed by atoms with Gasteiger partial charge in [-0.3, -0.25) is 4.79 Å². The van der Waals surface area contributed by atoms with Crippen LogP contribution in [0.3, 0.4) is 0 Å². The van der Waals surface area contributed by atoms with E-state index in [1.807, 2.05) is 30.3 Å². The summed E-state index contributed by atoms with van der Waals surface area (Å²) < 4.78 is 13.4. The molecule has 2 aromatic carbocycles. The van der Waals surface area contributed by atoms with Gasteiger partial charge in [0.2, 0.25) is 6.79 Å². The smallest absolute Gasteiger partial charge is 0.250 e. The van der Waals surface area contributed by atoms with Gasteiger partial charge in [-0.25, -0.2) is 10.4 Å². The van der Waals surface area contributed by atoms with Crippen LogP contribution in [0.1, 0.15) is 5.56 Å². The minimum atomic E-state index is -0.192. The predicted molar refractivity (Wildman–Crippen MR) is 106 cm³/mol. The van der Waals surface area contributed by atoms with Gasteiger partial charge in [0.25, 0.3) is 5.91 Å². The molecule has 1 aliphatic rings. The predicted octanol–water partition coefficient (Wildman–Crippen LogP) is 4.03. The van der Waals surface area contributed by atoms with Crippen LogP contribution in [0.2, 0.25) is 0 Å². The highest BCUT2D eigenvalue weighted by Crippen LogP contribution is 2.36. The summed E-state index contributed by atoms with van der Waals surface area (Å²) in [6, 6.07) is 11.5. The summed E-state index contributed by atoms with van der Waals surface area (Å²) in [6.45, 7) is 0.210. The molecule has 0 atom stereocenters. The van der Waals surface area contributed by atoms with Crippen molar-refractivity contribution in [2.24, 2.45) is 5.10 Å². The molecule has 0 saturated heterocycles. The average molecular weight is 450 g/mol. The largest absolute Gasteiger partial charge is 0.454 e. The fourth-order valence-electron chi connectivity index (χ4n) is 2.28. The van der Waals surface area contributed by atoms with Crippen LogP contribution in [0.15, 0.2) is 50.3 Å². The first-order valence-electron chi connectivity index (χ1n) is 7.58. The normalized spacial score (nSPS) is 12.8. The molecule has 3 aromatic rings. The first-order chi connectivity index (χ1) is 12.7. The van der Waals surface area contributed by atoms with Crippen LogP contribution in [0, 0.1) is 0 Å². The van der Waals surface area contributed by atoms with Crippen LogP contribution < -0.4 is 14.9 Å². The van der Waals surface area contributed by atoms with Gasteiger partial charge in [0, 0.05) is 10.0 Å². The molecule has 26 heavy (non-hydrogen) atoms. The Morgan fingerprint density at radius 2 is 2.15 bits per heavy atom. The zero-order chi connectivity index (χ0) is 17.9. The summed E-state index contributed by atoms with van der Waals surface area (Å²) in [5, 5.41) is 4.00. The molecule has 6 nitrogen and oxygen atoms in total. The number of thioether (sulfide) groups is 1. The summed E-state index contributed by atoms with van der Waals surface area (Å²) in [6.07, 6.45) is 1.56. The minimum Gasteiger partial charge on any atom is -0.454 e. The van der Waals surface area contributed by atoms with E-state index in [4.69, 9.17) is 9.47 Å². The van der Waals surface area contributed by atoms with Gasteiger partial charge < -0.3 is 9.47 Å². The van der Waals surface area contributed by atoms with Gasteiger partial charge in [0.1, 0.15) is 0 Å². The Balaban J connectivity index is 1.33. The SMILES string of the molecule is O=C(CSc1nc2ccccc2s1)NN=Cc1cc2c(cc1Br)OCO2. The molecule has 0 unspecified atom stereocenters. The molecule has 1 aromatic heterocycles. The molecule has 0 fully saturated rings. The van der Waals surface area contributed by atoms with Crippen molar-refractivity contribution >= 4 is 61.4 Å². The number of hydrogen-bond donors (Lipinski definition) is 1. The number of fused-ring (bicyclic) bond motifs is 2. The molecule has 1 N–H and O–H groups in total. The maximum absolute atomic E-state index is 12.0. The fourth-order valence-corrected chi connectivity index (χ4v) is 4.56. The molecule has 1 amide bonds. The van der Waals surface area contributed by atoms with Gasteiger partial charge >= 0.3 is 0 Å². The number of carbonyl (C=O) groups is 1. The van der Waals surface area contributed by atoms with Gasteiger partial charge in [-0.15, -0.1) is 11.3 Å². The van der Waals surface area contributed by atoms with E-state index in [0.29, 0.717) is 11.5 Å². The Morgan fingerprint density at radius 1 is 1.35 bits per heavy atom. The first kappa shape index (κ1) is 17.3. The van der Waals surface area contributed by atoms with Crippen molar-refractivity contribution in [2.75, 3.05) is 12.5 Å². The van der Waals surface area contributed by atoms with E-state index in [2.05, 4.69) is 31.4 Å². The van der Waals surface area contributed by atoms with E-state index in [0.717, 1.165) is 24.6 Å². The zero-order valence-electron chi connectivity index (χ0n) is 13.3. The molecule has 9 heteroatoms. The number of hydrazone groups is 1. The molecule has 4 rings (SSSR count). The molecule has 132 valence electrons. The molecule has 0 spiro atoms. The quantitative estimate of drug-likeness (QED) is 0.361.